The van der Waals surface area contributed by atoms with Crippen LogP contribution in [-0.4, -0.2) is 4.21 Å². The van der Waals surface area contributed by atoms with Crippen LogP contribution in [0.3, 0.4) is 0 Å². The zero-order chi connectivity index (χ0) is 43.0. The molecule has 3 saturated carbocycles. The second kappa shape index (κ2) is 23.1. The Morgan fingerprint density at radius 1 is 0.661 bits per heavy atom. The number of fused-ring (bicyclic) bond motifs is 6. The average molecular weight is 947 g/mol. The first-order valence-electron chi connectivity index (χ1n) is 23.5. The number of hydrogen-bond acceptors (Lipinski definition) is 0. The number of allylic oxidation sites excluding steroid dienone is 10. The van der Waals surface area contributed by atoms with Gasteiger partial charge in [-0.2, -0.15) is 89.0 Å². The van der Waals surface area contributed by atoms with E-state index >= 15 is 0 Å². The maximum atomic E-state index is 3.34. The Morgan fingerprint density at radius 2 is 1.19 bits per heavy atom. The van der Waals surface area contributed by atoms with Gasteiger partial charge < -0.3 is 0 Å². The fourth-order valence-corrected chi connectivity index (χ4v) is 12.1. The summed E-state index contributed by atoms with van der Waals surface area (Å²) < 4.78 is 3.34. The van der Waals surface area contributed by atoms with E-state index in [1.807, 2.05) is 36.4 Å². The molecule has 2 unspecified atom stereocenters. The molecule has 0 aromatic heterocycles. The van der Waals surface area contributed by atoms with E-state index < -0.39 is 0 Å². The van der Waals surface area contributed by atoms with Gasteiger partial charge in [0, 0.05) is 0 Å². The van der Waals surface area contributed by atoms with Crippen LogP contribution in [0, 0.1) is 51.7 Å². The molecule has 3 aromatic carbocycles. The molecule has 0 radical (unpaired) electrons. The Labute approximate surface area is 406 Å². The molecule has 0 N–H and O–H groups in total. The average Bonchev–Trinajstić information content (AvgIpc) is 4.01. The van der Waals surface area contributed by atoms with Crippen molar-refractivity contribution >= 4 is 34.6 Å². The van der Waals surface area contributed by atoms with Gasteiger partial charge >= 0.3 is 28.4 Å². The third kappa shape index (κ3) is 10.3. The van der Waals surface area contributed by atoms with Gasteiger partial charge in [0.05, 0.1) is 0 Å². The molecule has 3 heteroatoms. The van der Waals surface area contributed by atoms with Crippen LogP contribution in [0.25, 0.3) is 5.57 Å². The van der Waals surface area contributed by atoms with Gasteiger partial charge in [-0.05, 0) is 78.1 Å². The van der Waals surface area contributed by atoms with Crippen molar-refractivity contribution in [3.05, 3.63) is 166 Å². The van der Waals surface area contributed by atoms with Gasteiger partial charge in [-0.1, -0.05) is 152 Å². The molecule has 0 heterocycles. The minimum Gasteiger partial charge on any atom is -0.184 e. The minimum atomic E-state index is 0. The van der Waals surface area contributed by atoms with E-state index in [0.717, 1.165) is 24.7 Å². The van der Waals surface area contributed by atoms with Crippen LogP contribution in [0.4, 0.5) is 0 Å². The summed E-state index contributed by atoms with van der Waals surface area (Å²) >= 11 is 1.30. The molecular formula is C59H76Cl2Zr-4. The molecule has 0 bridgehead atoms. The number of halogens is 2. The Morgan fingerprint density at radius 3 is 1.68 bits per heavy atom. The largest absolute Gasteiger partial charge is 0.184 e. The fraction of sp³-hybridized carbons (Fsp3) is 0.492. The van der Waals surface area contributed by atoms with Crippen molar-refractivity contribution in [1.82, 2.24) is 0 Å². The topological polar surface area (TPSA) is 0 Å². The zero-order valence-electron chi connectivity index (χ0n) is 39.5. The van der Waals surface area contributed by atoms with Crippen LogP contribution < -0.4 is 0 Å². The summed E-state index contributed by atoms with van der Waals surface area (Å²) in [4.78, 5) is 0. The third-order valence-electron chi connectivity index (χ3n) is 17.0. The standard InChI is InChI=1S/C29H37.2C12H15.C5H5.CH2.2ClH.Zr/c1-18-25-22-17-19-13-9-10-14-20(19)24(22)21-15-11-12-16-23(21)29(25,8)28(6,7)27(4,5)26(18,2)3;2*1-3-7-11(8-4-1)12-9-5-2-6-10-12;1-2-4-5-3-1;;;;/h9-11,13-15,23H,12,16-17H2,1-8H3;2*5-6,9-11H,1,3-4,7-8H2;1-3H,4H2;1H2;2*1H;/q4*-1;;;;. The van der Waals surface area contributed by atoms with Crippen molar-refractivity contribution in [1.29, 1.82) is 0 Å². The fourth-order valence-electron chi connectivity index (χ4n) is 12.1. The first kappa shape index (κ1) is 52.2. The molecule has 7 aliphatic rings. The van der Waals surface area contributed by atoms with E-state index in [-0.39, 0.29) is 46.5 Å². The Balaban J connectivity index is 0.000000211. The quantitative estimate of drug-likeness (QED) is 0.225. The van der Waals surface area contributed by atoms with Gasteiger partial charge in [0.15, 0.2) is 0 Å². The number of rotatable bonds is 2. The first-order valence-corrected chi connectivity index (χ1v) is 25.2. The molecule has 7 aliphatic carbocycles. The molecule has 0 aliphatic heterocycles. The van der Waals surface area contributed by atoms with Gasteiger partial charge in [-0.25, -0.2) is 18.1 Å². The van der Waals surface area contributed by atoms with Gasteiger partial charge in [-0.15, -0.1) is 38.2 Å². The molecule has 0 spiro atoms. The molecule has 10 rings (SSSR count). The van der Waals surface area contributed by atoms with Crippen LogP contribution in [-0.2, 0) is 30.7 Å². The van der Waals surface area contributed by atoms with E-state index in [4.69, 9.17) is 0 Å². The molecule has 62 heavy (non-hydrogen) atoms. The summed E-state index contributed by atoms with van der Waals surface area (Å²) in [5.74, 6) is 3.92. The summed E-state index contributed by atoms with van der Waals surface area (Å²) in [5.41, 5.74) is 13.3. The van der Waals surface area contributed by atoms with Gasteiger partial charge in [0.2, 0.25) is 0 Å². The molecule has 3 fully saturated rings. The van der Waals surface area contributed by atoms with Crippen molar-refractivity contribution in [2.45, 2.75) is 157 Å². The summed E-state index contributed by atoms with van der Waals surface area (Å²) in [6, 6.07) is 32.3. The zero-order valence-corrected chi connectivity index (χ0v) is 43.6. The molecule has 334 valence electrons. The van der Waals surface area contributed by atoms with Gasteiger partial charge in [0.25, 0.3) is 0 Å². The number of hydrogen-bond donors (Lipinski definition) is 0. The van der Waals surface area contributed by atoms with Crippen molar-refractivity contribution in [2.75, 3.05) is 0 Å². The van der Waals surface area contributed by atoms with Crippen molar-refractivity contribution in [2.24, 2.45) is 27.6 Å². The molecule has 3 aromatic rings. The van der Waals surface area contributed by atoms with Crippen molar-refractivity contribution in [3.8, 4) is 0 Å². The maximum Gasteiger partial charge on any atom is -0.0386 e. The Hall–Kier alpha value is -2.44. The normalized spacial score (nSPS) is 24.5. The van der Waals surface area contributed by atoms with Crippen LogP contribution in [0.5, 0.6) is 0 Å². The molecule has 2 atom stereocenters. The van der Waals surface area contributed by atoms with Crippen LogP contribution in [0.1, 0.15) is 173 Å². The van der Waals surface area contributed by atoms with Crippen molar-refractivity contribution in [3.63, 3.8) is 0 Å². The monoisotopic (exact) mass is 944 g/mol. The minimum absolute atomic E-state index is 0. The summed E-state index contributed by atoms with van der Waals surface area (Å²) in [6.45, 7) is 20.3. The molecule has 0 nitrogen and oxygen atoms in total. The predicted molar refractivity (Wildman–Crippen MR) is 270 cm³/mol. The van der Waals surface area contributed by atoms with E-state index in [0.29, 0.717) is 5.92 Å². The smallest absolute Gasteiger partial charge is 0.0386 e. The van der Waals surface area contributed by atoms with Crippen LogP contribution in [0.15, 0.2) is 120 Å². The number of benzene rings is 3. The third-order valence-corrected chi connectivity index (χ3v) is 17.0. The summed E-state index contributed by atoms with van der Waals surface area (Å²) in [6.07, 6.45) is 32.6. The first-order chi connectivity index (χ1) is 28.9. The Bertz CT molecular complexity index is 1950. The Kier molecular flexibility index (Phi) is 19.5. The van der Waals surface area contributed by atoms with E-state index in [9.17, 15) is 0 Å². The maximum absolute atomic E-state index is 3.34. The van der Waals surface area contributed by atoms with Crippen LogP contribution >= 0.6 is 24.8 Å². The SMILES string of the molecule is C[C-]1C2=C3Cc4ccccc4C3=C3C=CCCC3C2(C)C(C)(C)C(C)(C)C1(C)C.Cl.Cl.[C-]1=CC=CC1.[CH2]=[Zr].[c-]1ccc(C2CCCCC2)cc1.[c-]1ccc(C2CCCCC2)cc1. The van der Waals surface area contributed by atoms with Gasteiger partial charge in [-0.3, -0.25) is 6.08 Å². The van der Waals surface area contributed by atoms with E-state index in [2.05, 4.69) is 145 Å². The summed E-state index contributed by atoms with van der Waals surface area (Å²) in [5, 5.41) is 0. The molecular weight excluding hydrogens is 871 g/mol. The summed E-state index contributed by atoms with van der Waals surface area (Å²) in [7, 11) is 0. The van der Waals surface area contributed by atoms with Gasteiger partial charge in [0.1, 0.15) is 0 Å². The molecule has 0 saturated heterocycles. The predicted octanol–water partition coefficient (Wildman–Crippen LogP) is 17.1. The van der Waals surface area contributed by atoms with Crippen molar-refractivity contribution < 1.29 is 24.2 Å². The van der Waals surface area contributed by atoms with Crippen LogP contribution in [0.2, 0.25) is 0 Å². The van der Waals surface area contributed by atoms with E-state index in [1.165, 1.54) is 124 Å². The second-order valence-electron chi connectivity index (χ2n) is 20.1. The second-order valence-corrected chi connectivity index (χ2v) is 20.1. The van der Waals surface area contributed by atoms with E-state index in [1.54, 1.807) is 28.2 Å². The molecule has 0 amide bonds.